The Morgan fingerprint density at radius 3 is 2.75 bits per heavy atom. The Bertz CT molecular complexity index is 605. The zero-order valence-electron chi connectivity index (χ0n) is 11.2. The molecule has 1 amide bonds. The predicted molar refractivity (Wildman–Crippen MR) is 80.5 cm³/mol. The fraction of sp³-hybridized carbons (Fsp3) is 0.333. The van der Waals surface area contributed by atoms with Crippen molar-refractivity contribution in [3.8, 4) is 11.3 Å². The molecular formula is C15H17N3OS. The Labute approximate surface area is 122 Å². The van der Waals surface area contributed by atoms with Gasteiger partial charge in [-0.2, -0.15) is 0 Å². The van der Waals surface area contributed by atoms with Gasteiger partial charge in [-0.25, -0.2) is 4.98 Å². The summed E-state index contributed by atoms with van der Waals surface area (Å²) in [5.74, 6) is 0.429. The van der Waals surface area contributed by atoms with Gasteiger partial charge >= 0.3 is 0 Å². The number of nitrogens with zero attached hydrogens (tertiary/aromatic N) is 2. The van der Waals surface area contributed by atoms with Crippen LogP contribution in [0, 0.1) is 0 Å². The summed E-state index contributed by atoms with van der Waals surface area (Å²) >= 11 is 1.61. The average Bonchev–Trinajstić information content (AvgIpc) is 3.20. The second kappa shape index (κ2) is 5.71. The van der Waals surface area contributed by atoms with Crippen LogP contribution in [0.3, 0.4) is 0 Å². The van der Waals surface area contributed by atoms with E-state index < -0.39 is 0 Å². The third kappa shape index (κ3) is 2.88. The van der Waals surface area contributed by atoms with Crippen LogP contribution >= 0.6 is 11.8 Å². The number of hydrogen-bond acceptors (Lipinski definition) is 3. The molecule has 2 aromatic rings. The van der Waals surface area contributed by atoms with Gasteiger partial charge in [-0.1, -0.05) is 42.1 Å². The van der Waals surface area contributed by atoms with Crippen molar-refractivity contribution in [3.63, 3.8) is 0 Å². The zero-order valence-corrected chi connectivity index (χ0v) is 12.0. The average molecular weight is 287 g/mol. The molecule has 0 atom stereocenters. The SMILES string of the molecule is NC(=O)CCSc1ncc(-c2ccccc2)n1C1CC1. The molecule has 0 bridgehead atoms. The van der Waals surface area contributed by atoms with Crippen molar-refractivity contribution in [2.24, 2.45) is 5.73 Å². The highest BCUT2D eigenvalue weighted by Gasteiger charge is 2.28. The van der Waals surface area contributed by atoms with E-state index in [9.17, 15) is 4.79 Å². The van der Waals surface area contributed by atoms with Crippen molar-refractivity contribution in [1.29, 1.82) is 0 Å². The highest BCUT2D eigenvalue weighted by Crippen LogP contribution is 2.41. The summed E-state index contributed by atoms with van der Waals surface area (Å²) in [7, 11) is 0. The summed E-state index contributed by atoms with van der Waals surface area (Å²) in [6, 6.07) is 10.9. The van der Waals surface area contributed by atoms with E-state index in [1.165, 1.54) is 18.4 Å². The highest BCUT2D eigenvalue weighted by molar-refractivity contribution is 7.99. The normalized spacial score (nSPS) is 14.4. The first-order chi connectivity index (χ1) is 9.75. The van der Waals surface area contributed by atoms with Crippen LogP contribution in [0.5, 0.6) is 0 Å². The van der Waals surface area contributed by atoms with Gasteiger partial charge in [-0.3, -0.25) is 4.79 Å². The van der Waals surface area contributed by atoms with Crippen molar-refractivity contribution in [1.82, 2.24) is 9.55 Å². The predicted octanol–water partition coefficient (Wildman–Crippen LogP) is 2.85. The number of nitrogens with two attached hydrogens (primary N) is 1. The maximum Gasteiger partial charge on any atom is 0.218 e. The molecular weight excluding hydrogens is 270 g/mol. The molecule has 0 aliphatic heterocycles. The van der Waals surface area contributed by atoms with Crippen LogP contribution in [0.4, 0.5) is 0 Å². The van der Waals surface area contributed by atoms with Crippen LogP contribution in [0.2, 0.25) is 0 Å². The molecule has 4 nitrogen and oxygen atoms in total. The van der Waals surface area contributed by atoms with Crippen molar-refractivity contribution < 1.29 is 4.79 Å². The van der Waals surface area contributed by atoms with Crippen LogP contribution < -0.4 is 5.73 Å². The largest absolute Gasteiger partial charge is 0.370 e. The minimum atomic E-state index is -0.259. The van der Waals surface area contributed by atoms with E-state index in [0.717, 1.165) is 10.9 Å². The van der Waals surface area contributed by atoms with Crippen molar-refractivity contribution in [2.75, 3.05) is 5.75 Å². The third-order valence-electron chi connectivity index (χ3n) is 3.32. The third-order valence-corrected chi connectivity index (χ3v) is 4.29. The van der Waals surface area contributed by atoms with E-state index in [4.69, 9.17) is 5.73 Å². The molecule has 0 spiro atoms. The van der Waals surface area contributed by atoms with Crippen molar-refractivity contribution in [3.05, 3.63) is 36.5 Å². The molecule has 0 radical (unpaired) electrons. The first kappa shape index (κ1) is 13.2. The Hall–Kier alpha value is -1.75. The second-order valence-electron chi connectivity index (χ2n) is 4.96. The van der Waals surface area contributed by atoms with Gasteiger partial charge in [0, 0.05) is 18.2 Å². The number of rotatable bonds is 6. The van der Waals surface area contributed by atoms with Crippen LogP contribution in [0.1, 0.15) is 25.3 Å². The molecule has 1 aromatic carbocycles. The van der Waals surface area contributed by atoms with Gasteiger partial charge in [0.15, 0.2) is 5.16 Å². The highest BCUT2D eigenvalue weighted by atomic mass is 32.2. The van der Waals surface area contributed by atoms with Gasteiger partial charge in [0.25, 0.3) is 0 Å². The number of imidazole rings is 1. The Morgan fingerprint density at radius 1 is 1.35 bits per heavy atom. The molecule has 20 heavy (non-hydrogen) atoms. The molecule has 1 saturated carbocycles. The second-order valence-corrected chi connectivity index (χ2v) is 6.02. The van der Waals surface area contributed by atoms with Crippen molar-refractivity contribution in [2.45, 2.75) is 30.5 Å². The quantitative estimate of drug-likeness (QED) is 0.831. The summed E-state index contributed by atoms with van der Waals surface area (Å²) < 4.78 is 2.31. The summed E-state index contributed by atoms with van der Waals surface area (Å²) in [4.78, 5) is 15.4. The fourth-order valence-corrected chi connectivity index (χ4v) is 3.20. The first-order valence-electron chi connectivity index (χ1n) is 6.79. The Kier molecular flexibility index (Phi) is 3.78. The van der Waals surface area contributed by atoms with E-state index in [-0.39, 0.29) is 5.91 Å². The lowest BCUT2D eigenvalue weighted by Crippen LogP contribution is -2.11. The number of thioether (sulfide) groups is 1. The molecule has 0 unspecified atom stereocenters. The Balaban J connectivity index is 1.85. The lowest BCUT2D eigenvalue weighted by molar-refractivity contribution is -0.117. The first-order valence-corrected chi connectivity index (χ1v) is 7.78. The summed E-state index contributed by atoms with van der Waals surface area (Å²) in [5.41, 5.74) is 7.53. The monoisotopic (exact) mass is 287 g/mol. The van der Waals surface area contributed by atoms with Crippen LogP contribution in [0.15, 0.2) is 41.7 Å². The molecule has 3 rings (SSSR count). The molecule has 1 heterocycles. The molecule has 0 saturated heterocycles. The smallest absolute Gasteiger partial charge is 0.218 e. The van der Waals surface area contributed by atoms with Gasteiger partial charge in [-0.05, 0) is 18.4 Å². The van der Waals surface area contributed by atoms with E-state index in [1.54, 1.807) is 11.8 Å². The summed E-state index contributed by atoms with van der Waals surface area (Å²) in [5, 5.41) is 0.993. The van der Waals surface area contributed by atoms with Crippen LogP contribution in [-0.4, -0.2) is 21.2 Å². The number of primary amides is 1. The number of aromatic nitrogens is 2. The number of hydrogen-bond donors (Lipinski definition) is 1. The van der Waals surface area contributed by atoms with Gasteiger partial charge in [0.2, 0.25) is 5.91 Å². The lowest BCUT2D eigenvalue weighted by atomic mass is 10.2. The van der Waals surface area contributed by atoms with E-state index in [0.29, 0.717) is 18.2 Å². The molecule has 2 N–H and O–H groups in total. The topological polar surface area (TPSA) is 60.9 Å². The fourth-order valence-electron chi connectivity index (χ4n) is 2.20. The molecule has 1 fully saturated rings. The lowest BCUT2D eigenvalue weighted by Gasteiger charge is -2.10. The number of carbonyl (C=O) groups excluding carboxylic acids is 1. The van der Waals surface area contributed by atoms with Gasteiger partial charge in [-0.15, -0.1) is 0 Å². The maximum absolute atomic E-state index is 10.8. The van der Waals surface area contributed by atoms with Crippen LogP contribution in [-0.2, 0) is 4.79 Å². The summed E-state index contributed by atoms with van der Waals surface area (Å²) in [6.45, 7) is 0. The standard InChI is InChI=1S/C15H17N3OS/c16-14(19)8-9-20-15-17-10-13(18(15)12-6-7-12)11-4-2-1-3-5-11/h1-5,10,12H,6-9H2,(H2,16,19). The van der Waals surface area contributed by atoms with E-state index in [2.05, 4.69) is 21.7 Å². The van der Waals surface area contributed by atoms with Gasteiger partial charge in [0.05, 0.1) is 11.9 Å². The van der Waals surface area contributed by atoms with Gasteiger partial charge in [0.1, 0.15) is 0 Å². The molecule has 104 valence electrons. The molecule has 5 heteroatoms. The summed E-state index contributed by atoms with van der Waals surface area (Å²) in [6.07, 6.45) is 4.74. The number of carbonyl (C=O) groups is 1. The molecule has 1 aliphatic rings. The van der Waals surface area contributed by atoms with E-state index >= 15 is 0 Å². The van der Waals surface area contributed by atoms with Crippen LogP contribution in [0.25, 0.3) is 11.3 Å². The Morgan fingerprint density at radius 2 is 2.10 bits per heavy atom. The van der Waals surface area contributed by atoms with Gasteiger partial charge < -0.3 is 10.3 Å². The number of benzene rings is 1. The van der Waals surface area contributed by atoms with Crippen molar-refractivity contribution >= 4 is 17.7 Å². The number of amides is 1. The molecule has 1 aliphatic carbocycles. The maximum atomic E-state index is 10.8. The zero-order chi connectivity index (χ0) is 13.9. The van der Waals surface area contributed by atoms with E-state index in [1.807, 2.05) is 24.4 Å². The minimum Gasteiger partial charge on any atom is -0.370 e. The minimum absolute atomic E-state index is 0.259. The molecule has 1 aromatic heterocycles.